The van der Waals surface area contributed by atoms with E-state index in [2.05, 4.69) is 4.98 Å². The van der Waals surface area contributed by atoms with E-state index in [0.717, 1.165) is 0 Å². The van der Waals surface area contributed by atoms with Crippen molar-refractivity contribution in [2.75, 3.05) is 0 Å². The maximum atomic E-state index is 8.63. The van der Waals surface area contributed by atoms with Crippen molar-refractivity contribution in [3.05, 3.63) is 50.2 Å². The highest BCUT2D eigenvalue weighted by atomic mass is 35.5. The number of benzene rings is 1. The van der Waals surface area contributed by atoms with Gasteiger partial charge in [0.1, 0.15) is 5.15 Å². The molecule has 1 aromatic heterocycles. The Labute approximate surface area is 130 Å². The minimum atomic E-state index is 0.197. The monoisotopic (exact) mass is 330 g/mol. The van der Waals surface area contributed by atoms with Crippen molar-refractivity contribution in [2.45, 2.75) is 6.42 Å². The van der Waals surface area contributed by atoms with E-state index in [0.29, 0.717) is 31.9 Å². The molecule has 96 valence electrons. The van der Waals surface area contributed by atoms with Crippen LogP contribution in [0.2, 0.25) is 20.2 Å². The number of nitriles is 1. The number of rotatable bonds is 2. The summed E-state index contributed by atoms with van der Waals surface area (Å²) in [6, 6.07) is 8.64. The van der Waals surface area contributed by atoms with Gasteiger partial charge in [0.2, 0.25) is 0 Å². The van der Waals surface area contributed by atoms with Crippen molar-refractivity contribution in [3.8, 4) is 17.2 Å². The van der Waals surface area contributed by atoms with Gasteiger partial charge < -0.3 is 0 Å². The maximum absolute atomic E-state index is 8.63. The van der Waals surface area contributed by atoms with Crippen LogP contribution in [0.1, 0.15) is 5.69 Å². The first kappa shape index (κ1) is 14.4. The summed E-state index contributed by atoms with van der Waals surface area (Å²) in [4.78, 5) is 4.14. The van der Waals surface area contributed by atoms with Crippen LogP contribution in [-0.4, -0.2) is 4.98 Å². The summed E-state index contributed by atoms with van der Waals surface area (Å²) in [6.07, 6.45) is 0.197. The highest BCUT2D eigenvalue weighted by molar-refractivity contribution is 6.43. The van der Waals surface area contributed by atoms with E-state index in [9.17, 15) is 0 Å². The first-order valence-electron chi connectivity index (χ1n) is 5.20. The third-order valence-corrected chi connectivity index (χ3v) is 3.55. The van der Waals surface area contributed by atoms with Gasteiger partial charge in [0, 0.05) is 16.1 Å². The number of hydrogen-bond acceptors (Lipinski definition) is 2. The van der Waals surface area contributed by atoms with Crippen LogP contribution in [0.25, 0.3) is 11.1 Å². The molecule has 0 spiro atoms. The SMILES string of the molecule is N#CCc1ccc(-c2c(Cl)cc(Cl)cc2Cl)c(Cl)n1. The van der Waals surface area contributed by atoms with Crippen LogP contribution in [0.4, 0.5) is 0 Å². The molecular weight excluding hydrogens is 326 g/mol. The molecule has 2 nitrogen and oxygen atoms in total. The Morgan fingerprint density at radius 1 is 1.05 bits per heavy atom. The van der Waals surface area contributed by atoms with E-state index in [1.54, 1.807) is 24.3 Å². The predicted molar refractivity (Wildman–Crippen MR) is 79.0 cm³/mol. The molecule has 0 atom stereocenters. The Balaban J connectivity index is 2.57. The molecule has 0 unspecified atom stereocenters. The standard InChI is InChI=1S/C13H6Cl4N2/c14-7-5-10(15)12(11(16)6-7)9-2-1-8(3-4-18)19-13(9)17/h1-2,5-6H,3H2. The Morgan fingerprint density at radius 2 is 1.68 bits per heavy atom. The van der Waals surface area contributed by atoms with Crippen molar-refractivity contribution in [3.63, 3.8) is 0 Å². The topological polar surface area (TPSA) is 36.7 Å². The third-order valence-electron chi connectivity index (χ3n) is 2.44. The fourth-order valence-corrected chi connectivity index (χ4v) is 2.92. The maximum Gasteiger partial charge on any atom is 0.137 e. The lowest BCUT2D eigenvalue weighted by Gasteiger charge is -2.10. The first-order chi connectivity index (χ1) is 9.02. The van der Waals surface area contributed by atoms with Gasteiger partial charge in [-0.2, -0.15) is 5.26 Å². The largest absolute Gasteiger partial charge is 0.239 e. The minimum absolute atomic E-state index is 0.197. The van der Waals surface area contributed by atoms with Crippen LogP contribution in [0, 0.1) is 11.3 Å². The molecule has 0 amide bonds. The normalized spacial score (nSPS) is 10.3. The fraction of sp³-hybridized carbons (Fsp3) is 0.0769. The number of hydrogen-bond donors (Lipinski definition) is 0. The van der Waals surface area contributed by atoms with Gasteiger partial charge in [-0.1, -0.05) is 46.4 Å². The van der Waals surface area contributed by atoms with Crippen LogP contribution in [0.5, 0.6) is 0 Å². The molecule has 0 saturated carbocycles. The van der Waals surface area contributed by atoms with E-state index in [1.807, 2.05) is 6.07 Å². The van der Waals surface area contributed by atoms with Crippen LogP contribution in [0.15, 0.2) is 24.3 Å². The van der Waals surface area contributed by atoms with E-state index in [1.165, 1.54) is 0 Å². The second-order valence-electron chi connectivity index (χ2n) is 3.72. The minimum Gasteiger partial charge on any atom is -0.239 e. The zero-order chi connectivity index (χ0) is 14.0. The van der Waals surface area contributed by atoms with Gasteiger partial charge in [0.15, 0.2) is 0 Å². The Bertz CT molecular complexity index is 654. The number of pyridine rings is 1. The molecular formula is C13H6Cl4N2. The molecule has 0 fully saturated rings. The van der Waals surface area contributed by atoms with Crippen LogP contribution in [-0.2, 0) is 6.42 Å². The summed E-state index contributed by atoms with van der Waals surface area (Å²) < 4.78 is 0. The van der Waals surface area contributed by atoms with Gasteiger partial charge in [-0.05, 0) is 24.3 Å². The van der Waals surface area contributed by atoms with Gasteiger partial charge in [0.25, 0.3) is 0 Å². The quantitative estimate of drug-likeness (QED) is 0.688. The highest BCUT2D eigenvalue weighted by Gasteiger charge is 2.14. The van der Waals surface area contributed by atoms with Gasteiger partial charge in [-0.3, -0.25) is 0 Å². The zero-order valence-electron chi connectivity index (χ0n) is 9.42. The third kappa shape index (κ3) is 3.13. The summed E-state index contributed by atoms with van der Waals surface area (Å²) in [6.45, 7) is 0. The van der Waals surface area contributed by atoms with E-state index < -0.39 is 0 Å². The number of halogens is 4. The van der Waals surface area contributed by atoms with Crippen molar-refractivity contribution >= 4 is 46.4 Å². The smallest absolute Gasteiger partial charge is 0.137 e. The molecule has 2 rings (SSSR count). The summed E-state index contributed by atoms with van der Waals surface area (Å²) >= 11 is 24.2. The van der Waals surface area contributed by atoms with Crippen molar-refractivity contribution in [1.82, 2.24) is 4.98 Å². The molecule has 1 heterocycles. The van der Waals surface area contributed by atoms with Crippen LogP contribution < -0.4 is 0 Å². The summed E-state index contributed by atoms with van der Waals surface area (Å²) in [5.74, 6) is 0. The molecule has 19 heavy (non-hydrogen) atoms. The van der Waals surface area contributed by atoms with Crippen molar-refractivity contribution in [2.24, 2.45) is 0 Å². The van der Waals surface area contributed by atoms with E-state index in [-0.39, 0.29) is 11.6 Å². The second kappa shape index (κ2) is 5.98. The molecule has 0 aliphatic heterocycles. The molecule has 0 N–H and O–H groups in total. The zero-order valence-corrected chi connectivity index (χ0v) is 12.4. The van der Waals surface area contributed by atoms with Crippen molar-refractivity contribution in [1.29, 1.82) is 5.26 Å². The lowest BCUT2D eigenvalue weighted by atomic mass is 10.1. The highest BCUT2D eigenvalue weighted by Crippen LogP contribution is 2.39. The molecule has 1 aromatic carbocycles. The Kier molecular flexibility index (Phi) is 4.54. The van der Waals surface area contributed by atoms with Gasteiger partial charge >= 0.3 is 0 Å². The summed E-state index contributed by atoms with van der Waals surface area (Å²) in [7, 11) is 0. The Morgan fingerprint density at radius 3 is 2.21 bits per heavy atom. The molecule has 0 radical (unpaired) electrons. The fourth-order valence-electron chi connectivity index (χ4n) is 1.64. The van der Waals surface area contributed by atoms with Crippen LogP contribution >= 0.6 is 46.4 Å². The van der Waals surface area contributed by atoms with Crippen LogP contribution in [0.3, 0.4) is 0 Å². The van der Waals surface area contributed by atoms with E-state index >= 15 is 0 Å². The average Bonchev–Trinajstić information content (AvgIpc) is 2.31. The summed E-state index contributed by atoms with van der Waals surface area (Å²) in [5.41, 5.74) is 1.78. The van der Waals surface area contributed by atoms with E-state index in [4.69, 9.17) is 51.7 Å². The molecule has 0 aliphatic rings. The number of aromatic nitrogens is 1. The molecule has 0 bridgehead atoms. The molecule has 2 aromatic rings. The lowest BCUT2D eigenvalue weighted by Crippen LogP contribution is -1.92. The van der Waals surface area contributed by atoms with Gasteiger partial charge in [0.05, 0.1) is 28.2 Å². The molecule has 0 saturated heterocycles. The summed E-state index contributed by atoms with van der Waals surface area (Å²) in [5, 5.41) is 10.1. The molecule has 6 heteroatoms. The van der Waals surface area contributed by atoms with Gasteiger partial charge in [-0.25, -0.2) is 4.98 Å². The van der Waals surface area contributed by atoms with Gasteiger partial charge in [-0.15, -0.1) is 0 Å². The molecule has 0 aliphatic carbocycles. The lowest BCUT2D eigenvalue weighted by molar-refractivity contribution is 1.12. The number of nitrogens with zero attached hydrogens (tertiary/aromatic N) is 2. The predicted octanol–water partition coefficient (Wildman–Crippen LogP) is 5.43. The second-order valence-corrected chi connectivity index (χ2v) is 5.33. The average molecular weight is 332 g/mol. The first-order valence-corrected chi connectivity index (χ1v) is 6.71. The van der Waals surface area contributed by atoms with Crippen molar-refractivity contribution < 1.29 is 0 Å². The Hall–Kier alpha value is -0.980.